The second-order valence-electron chi connectivity index (χ2n) is 9.28. The lowest BCUT2D eigenvalue weighted by Gasteiger charge is -2.22. The SMILES string of the molecule is O=C(NC1CC1)c1ccc(CN(CCCCCn2nnc(-c3ccccc3)n2)C2CC2)cc1. The van der Waals surface area contributed by atoms with Gasteiger partial charge in [-0.1, -0.05) is 48.9 Å². The van der Waals surface area contributed by atoms with Crippen LogP contribution >= 0.6 is 0 Å². The van der Waals surface area contributed by atoms with E-state index in [-0.39, 0.29) is 5.91 Å². The molecule has 7 heteroatoms. The molecule has 2 saturated carbocycles. The van der Waals surface area contributed by atoms with Crippen LogP contribution in [-0.4, -0.2) is 49.6 Å². The molecule has 0 radical (unpaired) electrons. The number of rotatable bonds is 12. The smallest absolute Gasteiger partial charge is 0.251 e. The molecule has 33 heavy (non-hydrogen) atoms. The molecule has 2 aliphatic rings. The number of aryl methyl sites for hydroxylation is 1. The zero-order valence-electron chi connectivity index (χ0n) is 19.1. The van der Waals surface area contributed by atoms with Crippen molar-refractivity contribution in [3.05, 3.63) is 65.7 Å². The van der Waals surface area contributed by atoms with Gasteiger partial charge in [-0.2, -0.15) is 4.80 Å². The fourth-order valence-corrected chi connectivity index (χ4v) is 4.11. The van der Waals surface area contributed by atoms with E-state index in [9.17, 15) is 4.79 Å². The number of carbonyl (C=O) groups is 1. The molecule has 1 N–H and O–H groups in total. The number of nitrogens with zero attached hydrogens (tertiary/aromatic N) is 5. The van der Waals surface area contributed by atoms with Crippen molar-refractivity contribution in [2.45, 2.75) is 70.1 Å². The van der Waals surface area contributed by atoms with Gasteiger partial charge in [-0.3, -0.25) is 9.69 Å². The van der Waals surface area contributed by atoms with E-state index in [1.807, 2.05) is 42.5 Å². The van der Waals surface area contributed by atoms with Crippen LogP contribution in [0.1, 0.15) is 60.9 Å². The van der Waals surface area contributed by atoms with Gasteiger partial charge in [0.1, 0.15) is 0 Å². The van der Waals surface area contributed by atoms with Gasteiger partial charge in [0.15, 0.2) is 0 Å². The van der Waals surface area contributed by atoms with Crippen LogP contribution in [0, 0.1) is 0 Å². The number of nitrogens with one attached hydrogen (secondary N) is 1. The topological polar surface area (TPSA) is 75.9 Å². The number of benzene rings is 2. The van der Waals surface area contributed by atoms with Crippen LogP contribution in [0.5, 0.6) is 0 Å². The molecular formula is C26H32N6O. The van der Waals surface area contributed by atoms with Gasteiger partial charge >= 0.3 is 0 Å². The first-order valence-corrected chi connectivity index (χ1v) is 12.2. The molecule has 0 saturated heterocycles. The van der Waals surface area contributed by atoms with Gasteiger partial charge in [0, 0.05) is 29.8 Å². The van der Waals surface area contributed by atoms with E-state index in [2.05, 4.69) is 37.8 Å². The third kappa shape index (κ3) is 6.26. The van der Waals surface area contributed by atoms with Crippen LogP contribution in [0.25, 0.3) is 11.4 Å². The summed E-state index contributed by atoms with van der Waals surface area (Å²) < 4.78 is 0. The summed E-state index contributed by atoms with van der Waals surface area (Å²) in [4.78, 5) is 16.5. The minimum Gasteiger partial charge on any atom is -0.349 e. The Balaban J connectivity index is 1.04. The predicted octanol–water partition coefficient (Wildman–Crippen LogP) is 4.07. The third-order valence-corrected chi connectivity index (χ3v) is 6.37. The van der Waals surface area contributed by atoms with Crippen LogP contribution in [0.3, 0.4) is 0 Å². The van der Waals surface area contributed by atoms with Crippen molar-refractivity contribution in [2.75, 3.05) is 6.54 Å². The van der Waals surface area contributed by atoms with Crippen molar-refractivity contribution in [1.29, 1.82) is 0 Å². The maximum absolute atomic E-state index is 12.2. The van der Waals surface area contributed by atoms with E-state index < -0.39 is 0 Å². The Kier molecular flexibility index (Phi) is 6.76. The van der Waals surface area contributed by atoms with Crippen molar-refractivity contribution in [3.63, 3.8) is 0 Å². The Labute approximate surface area is 195 Å². The number of amides is 1. The van der Waals surface area contributed by atoms with E-state index >= 15 is 0 Å². The van der Waals surface area contributed by atoms with Gasteiger partial charge in [-0.15, -0.1) is 10.2 Å². The number of tetrazole rings is 1. The molecule has 1 amide bonds. The normalized spacial score (nSPS) is 15.7. The molecule has 0 atom stereocenters. The Morgan fingerprint density at radius 2 is 1.76 bits per heavy atom. The van der Waals surface area contributed by atoms with E-state index in [4.69, 9.17) is 0 Å². The first-order valence-electron chi connectivity index (χ1n) is 12.2. The summed E-state index contributed by atoms with van der Waals surface area (Å²) in [7, 11) is 0. The van der Waals surface area contributed by atoms with Crippen molar-refractivity contribution in [3.8, 4) is 11.4 Å². The van der Waals surface area contributed by atoms with Crippen molar-refractivity contribution in [1.82, 2.24) is 30.4 Å². The highest BCUT2D eigenvalue weighted by Crippen LogP contribution is 2.29. The Hall–Kier alpha value is -3.06. The molecule has 2 fully saturated rings. The number of carbonyl (C=O) groups excluding carboxylic acids is 1. The number of unbranched alkanes of at least 4 members (excludes halogenated alkanes) is 2. The van der Waals surface area contributed by atoms with Gasteiger partial charge in [0.05, 0.1) is 6.54 Å². The van der Waals surface area contributed by atoms with Crippen molar-refractivity contribution >= 4 is 5.91 Å². The summed E-state index contributed by atoms with van der Waals surface area (Å²) in [6, 6.07) is 19.2. The molecule has 172 valence electrons. The molecule has 0 spiro atoms. The largest absolute Gasteiger partial charge is 0.349 e. The summed E-state index contributed by atoms with van der Waals surface area (Å²) in [6.45, 7) is 2.86. The molecule has 5 rings (SSSR count). The van der Waals surface area contributed by atoms with Crippen LogP contribution in [-0.2, 0) is 13.1 Å². The average molecular weight is 445 g/mol. The van der Waals surface area contributed by atoms with Crippen molar-refractivity contribution in [2.24, 2.45) is 0 Å². The van der Waals surface area contributed by atoms with E-state index in [1.54, 1.807) is 4.80 Å². The molecule has 1 heterocycles. The highest BCUT2D eigenvalue weighted by molar-refractivity contribution is 5.94. The minimum atomic E-state index is 0.0564. The zero-order chi connectivity index (χ0) is 22.5. The predicted molar refractivity (Wildman–Crippen MR) is 127 cm³/mol. The average Bonchev–Trinajstić information content (AvgIpc) is 3.78. The molecule has 2 aromatic carbocycles. The summed E-state index contributed by atoms with van der Waals surface area (Å²) in [6.07, 6.45) is 8.19. The van der Waals surface area contributed by atoms with Gasteiger partial charge < -0.3 is 5.32 Å². The zero-order valence-corrected chi connectivity index (χ0v) is 19.1. The number of hydrogen-bond donors (Lipinski definition) is 1. The maximum Gasteiger partial charge on any atom is 0.251 e. The standard InChI is InChI=1S/C26H32N6O/c33-26(27-23-13-14-23)22-11-9-20(10-12-22)19-31(24-15-16-24)17-5-2-6-18-32-29-25(28-30-32)21-7-3-1-4-8-21/h1,3-4,7-12,23-24H,2,5-6,13-19H2,(H,27,33). The van der Waals surface area contributed by atoms with Gasteiger partial charge in [-0.25, -0.2) is 0 Å². The molecule has 0 bridgehead atoms. The summed E-state index contributed by atoms with van der Waals surface area (Å²) in [5.74, 6) is 0.743. The van der Waals surface area contributed by atoms with E-state index in [1.165, 1.54) is 24.8 Å². The maximum atomic E-state index is 12.2. The van der Waals surface area contributed by atoms with Crippen molar-refractivity contribution < 1.29 is 4.79 Å². The third-order valence-electron chi connectivity index (χ3n) is 6.37. The van der Waals surface area contributed by atoms with Crippen LogP contribution in [0.2, 0.25) is 0 Å². The van der Waals surface area contributed by atoms with Gasteiger partial charge in [0.25, 0.3) is 5.91 Å². The van der Waals surface area contributed by atoms with Crippen LogP contribution in [0.4, 0.5) is 0 Å². The lowest BCUT2D eigenvalue weighted by Crippen LogP contribution is -2.27. The van der Waals surface area contributed by atoms with Crippen LogP contribution < -0.4 is 5.32 Å². The summed E-state index contributed by atoms with van der Waals surface area (Å²) in [5, 5.41) is 15.9. The quantitative estimate of drug-likeness (QED) is 0.426. The summed E-state index contributed by atoms with van der Waals surface area (Å²) in [5.41, 5.74) is 3.05. The second kappa shape index (κ2) is 10.3. The lowest BCUT2D eigenvalue weighted by atomic mass is 10.1. The number of aromatic nitrogens is 4. The fraction of sp³-hybridized carbons (Fsp3) is 0.462. The Bertz CT molecular complexity index is 1040. The van der Waals surface area contributed by atoms with E-state index in [0.29, 0.717) is 17.9 Å². The first-order chi connectivity index (χ1) is 16.2. The van der Waals surface area contributed by atoms with Crippen LogP contribution in [0.15, 0.2) is 54.6 Å². The monoisotopic (exact) mass is 444 g/mol. The summed E-state index contributed by atoms with van der Waals surface area (Å²) >= 11 is 0. The molecule has 0 unspecified atom stereocenters. The first kappa shape index (κ1) is 21.8. The molecule has 2 aliphatic carbocycles. The minimum absolute atomic E-state index is 0.0564. The highest BCUT2D eigenvalue weighted by Gasteiger charge is 2.28. The second-order valence-corrected chi connectivity index (χ2v) is 9.28. The number of hydrogen-bond acceptors (Lipinski definition) is 5. The molecular weight excluding hydrogens is 412 g/mol. The lowest BCUT2D eigenvalue weighted by molar-refractivity contribution is 0.0951. The fourth-order valence-electron chi connectivity index (χ4n) is 4.11. The highest BCUT2D eigenvalue weighted by atomic mass is 16.1. The molecule has 7 nitrogen and oxygen atoms in total. The van der Waals surface area contributed by atoms with Gasteiger partial charge in [-0.05, 0) is 68.0 Å². The Morgan fingerprint density at radius 1 is 0.970 bits per heavy atom. The molecule has 1 aromatic heterocycles. The van der Waals surface area contributed by atoms with Gasteiger partial charge in [0.2, 0.25) is 5.82 Å². The van der Waals surface area contributed by atoms with E-state index in [0.717, 1.165) is 56.4 Å². The Morgan fingerprint density at radius 3 is 2.48 bits per heavy atom. The molecule has 3 aromatic rings. The molecule has 0 aliphatic heterocycles.